The molecule has 2 nitrogen and oxygen atoms in total. The van der Waals surface area contributed by atoms with Crippen LogP contribution in [0, 0.1) is 3.57 Å². The van der Waals surface area contributed by atoms with Crippen molar-refractivity contribution in [2.45, 2.75) is 0 Å². The van der Waals surface area contributed by atoms with E-state index >= 15 is 0 Å². The molecule has 0 aromatic heterocycles. The van der Waals surface area contributed by atoms with E-state index in [-0.39, 0.29) is 16.9 Å². The summed E-state index contributed by atoms with van der Waals surface area (Å²) in [6.07, 6.45) is 0. The average molecular weight is 505 g/mol. The largest absolute Gasteiger partial charge is 0.293 e. The first-order valence-electron chi connectivity index (χ1n) is 7.69. The molecule has 0 bridgehead atoms. The summed E-state index contributed by atoms with van der Waals surface area (Å²) in [5, 5.41) is 0.179. The lowest BCUT2D eigenvalue weighted by Gasteiger charge is -2.10. The number of carbonyl (C=O) groups excluding carboxylic acids is 2. The first-order chi connectivity index (χ1) is 12.1. The van der Waals surface area contributed by atoms with E-state index in [0.717, 1.165) is 14.7 Å². The third-order valence-corrected chi connectivity index (χ3v) is 5.13. The predicted octanol–water partition coefficient (Wildman–Crippen LogP) is 5.77. The zero-order valence-corrected chi connectivity index (χ0v) is 17.0. The molecule has 3 aromatic carbocycles. The van der Waals surface area contributed by atoms with E-state index in [9.17, 15) is 9.59 Å². The Morgan fingerprint density at radius 3 is 2.08 bits per heavy atom. The Labute approximate surface area is 168 Å². The summed E-state index contributed by atoms with van der Waals surface area (Å²) in [6.45, 7) is 0. The van der Waals surface area contributed by atoms with E-state index in [0.29, 0.717) is 16.7 Å². The van der Waals surface area contributed by atoms with Crippen LogP contribution in [0.15, 0.2) is 72.8 Å². The highest BCUT2D eigenvalue weighted by atomic mass is 127. The molecular weight excluding hydrogens is 491 g/mol. The molecule has 0 radical (unpaired) electrons. The van der Waals surface area contributed by atoms with Gasteiger partial charge in [0.25, 0.3) is 0 Å². The Bertz CT molecular complexity index is 918. The van der Waals surface area contributed by atoms with Crippen LogP contribution in [-0.2, 0) is 0 Å². The number of carbonyl (C=O) groups is 2. The molecule has 0 N–H and O–H groups in total. The number of Topliss-reactive ketones (excluding diaryl/α,β-unsaturated/α-hetero) is 1. The van der Waals surface area contributed by atoms with Gasteiger partial charge in [-0.15, -0.1) is 0 Å². The van der Waals surface area contributed by atoms with Gasteiger partial charge in [0.05, 0.1) is 5.33 Å². The van der Waals surface area contributed by atoms with Gasteiger partial charge >= 0.3 is 0 Å². The number of alkyl halides is 1. The minimum atomic E-state index is -0.140. The van der Waals surface area contributed by atoms with Crippen molar-refractivity contribution in [2.75, 3.05) is 5.33 Å². The van der Waals surface area contributed by atoms with Gasteiger partial charge in [-0.1, -0.05) is 64.5 Å². The maximum Gasteiger partial charge on any atom is 0.193 e. The Morgan fingerprint density at radius 2 is 1.44 bits per heavy atom. The maximum atomic E-state index is 12.8. The van der Waals surface area contributed by atoms with Gasteiger partial charge in [0, 0.05) is 20.3 Å². The van der Waals surface area contributed by atoms with Crippen molar-refractivity contribution in [3.8, 4) is 11.1 Å². The number of ketones is 2. The van der Waals surface area contributed by atoms with Gasteiger partial charge in [0.2, 0.25) is 0 Å². The third-order valence-electron chi connectivity index (χ3n) is 3.90. The first-order valence-corrected chi connectivity index (χ1v) is 9.89. The molecule has 0 saturated heterocycles. The van der Waals surface area contributed by atoms with Gasteiger partial charge in [-0.05, 0) is 58.0 Å². The molecule has 124 valence electrons. The highest BCUT2D eigenvalue weighted by molar-refractivity contribution is 14.1. The Balaban J connectivity index is 2.09. The second kappa shape index (κ2) is 8.06. The number of hydrogen-bond donors (Lipinski definition) is 0. The molecule has 0 aliphatic heterocycles. The van der Waals surface area contributed by atoms with Crippen LogP contribution in [-0.4, -0.2) is 16.9 Å². The summed E-state index contributed by atoms with van der Waals surface area (Å²) in [7, 11) is 0. The Hall–Kier alpha value is -1.79. The lowest BCUT2D eigenvalue weighted by Crippen LogP contribution is -2.11. The zero-order valence-electron chi connectivity index (χ0n) is 13.2. The van der Waals surface area contributed by atoms with Gasteiger partial charge < -0.3 is 0 Å². The number of benzene rings is 3. The maximum absolute atomic E-state index is 12.8. The number of rotatable bonds is 5. The quantitative estimate of drug-likeness (QED) is 0.251. The van der Waals surface area contributed by atoms with Crippen LogP contribution >= 0.6 is 38.5 Å². The third kappa shape index (κ3) is 4.07. The monoisotopic (exact) mass is 504 g/mol. The SMILES string of the molecule is O=C(CBr)c1cc(-c2ccc(I)cc2)ccc1C(=O)c1ccccc1. The fourth-order valence-corrected chi connectivity index (χ4v) is 3.27. The van der Waals surface area contributed by atoms with Gasteiger partial charge in [-0.3, -0.25) is 9.59 Å². The van der Waals surface area contributed by atoms with Gasteiger partial charge in [0.15, 0.2) is 11.6 Å². The van der Waals surface area contributed by atoms with Crippen molar-refractivity contribution >= 4 is 50.1 Å². The molecule has 0 saturated carbocycles. The van der Waals surface area contributed by atoms with E-state index in [1.807, 2.05) is 54.6 Å². The van der Waals surface area contributed by atoms with Crippen LogP contribution in [0.1, 0.15) is 26.3 Å². The van der Waals surface area contributed by atoms with E-state index < -0.39 is 0 Å². The summed E-state index contributed by atoms with van der Waals surface area (Å²) < 4.78 is 1.15. The summed E-state index contributed by atoms with van der Waals surface area (Å²) in [5.74, 6) is -0.245. The van der Waals surface area contributed by atoms with E-state index in [1.165, 1.54) is 0 Å². The predicted molar refractivity (Wildman–Crippen MR) is 113 cm³/mol. The van der Waals surface area contributed by atoms with Crippen LogP contribution in [0.3, 0.4) is 0 Å². The summed E-state index contributed by atoms with van der Waals surface area (Å²) in [5.41, 5.74) is 3.40. The first kappa shape index (κ1) is 18.0. The van der Waals surface area contributed by atoms with Crippen molar-refractivity contribution in [1.82, 2.24) is 0 Å². The van der Waals surface area contributed by atoms with E-state index in [4.69, 9.17) is 0 Å². The molecule has 0 aliphatic carbocycles. The molecule has 0 aliphatic rings. The molecule has 4 heteroatoms. The average Bonchev–Trinajstić information content (AvgIpc) is 2.67. The molecule has 0 atom stereocenters. The molecule has 0 fully saturated rings. The zero-order chi connectivity index (χ0) is 17.8. The van der Waals surface area contributed by atoms with Crippen LogP contribution in [0.2, 0.25) is 0 Å². The van der Waals surface area contributed by atoms with Crippen molar-refractivity contribution in [1.29, 1.82) is 0 Å². The van der Waals surface area contributed by atoms with Crippen molar-refractivity contribution < 1.29 is 9.59 Å². The minimum absolute atomic E-state index is 0.105. The standard InChI is InChI=1S/C21H14BrIO2/c22-13-20(24)19-12-16(14-6-9-17(23)10-7-14)8-11-18(19)21(25)15-4-2-1-3-5-15/h1-12H,13H2. The molecule has 0 spiro atoms. The molecule has 3 rings (SSSR count). The highest BCUT2D eigenvalue weighted by Crippen LogP contribution is 2.25. The number of halogens is 2. The van der Waals surface area contributed by atoms with E-state index in [2.05, 4.69) is 38.5 Å². The molecule has 0 amide bonds. The molecular formula is C21H14BrIO2. The minimum Gasteiger partial charge on any atom is -0.293 e. The fraction of sp³-hybridized carbons (Fsp3) is 0.0476. The second-order valence-corrected chi connectivity index (χ2v) is 7.33. The van der Waals surface area contributed by atoms with Crippen LogP contribution < -0.4 is 0 Å². The topological polar surface area (TPSA) is 34.1 Å². The Morgan fingerprint density at radius 1 is 0.800 bits per heavy atom. The van der Waals surface area contributed by atoms with Gasteiger partial charge in [-0.25, -0.2) is 0 Å². The second-order valence-electron chi connectivity index (χ2n) is 5.52. The highest BCUT2D eigenvalue weighted by Gasteiger charge is 2.18. The lowest BCUT2D eigenvalue weighted by atomic mass is 9.93. The normalized spacial score (nSPS) is 10.5. The fourth-order valence-electron chi connectivity index (χ4n) is 2.61. The van der Waals surface area contributed by atoms with Crippen LogP contribution in [0.4, 0.5) is 0 Å². The van der Waals surface area contributed by atoms with Crippen molar-refractivity contribution in [3.63, 3.8) is 0 Å². The lowest BCUT2D eigenvalue weighted by molar-refractivity contribution is 0.0994. The molecule has 3 aromatic rings. The van der Waals surface area contributed by atoms with Crippen molar-refractivity contribution in [2.24, 2.45) is 0 Å². The van der Waals surface area contributed by atoms with Crippen LogP contribution in [0.5, 0.6) is 0 Å². The van der Waals surface area contributed by atoms with Gasteiger partial charge in [-0.2, -0.15) is 0 Å². The molecule has 0 heterocycles. The summed E-state index contributed by atoms with van der Waals surface area (Å²) in [4.78, 5) is 25.2. The van der Waals surface area contributed by atoms with E-state index in [1.54, 1.807) is 18.2 Å². The van der Waals surface area contributed by atoms with Gasteiger partial charge in [0.1, 0.15) is 0 Å². The van der Waals surface area contributed by atoms with Crippen LogP contribution in [0.25, 0.3) is 11.1 Å². The summed E-state index contributed by atoms with van der Waals surface area (Å²) >= 11 is 5.47. The molecule has 25 heavy (non-hydrogen) atoms. The smallest absolute Gasteiger partial charge is 0.193 e. The Kier molecular flexibility index (Phi) is 5.81. The molecule has 0 unspecified atom stereocenters. The van der Waals surface area contributed by atoms with Crippen molar-refractivity contribution in [3.05, 3.63) is 93.1 Å². The summed E-state index contributed by atoms with van der Waals surface area (Å²) in [6, 6.07) is 22.5. The number of hydrogen-bond acceptors (Lipinski definition) is 2.